The number of aromatic nitrogens is 1. The number of Topliss-reactive ketones (excluding diaryl/α,β-unsaturated/α-hetero) is 1. The zero-order valence-corrected chi connectivity index (χ0v) is 17.2. The summed E-state index contributed by atoms with van der Waals surface area (Å²) in [6.45, 7) is 0.488. The minimum Gasteiger partial charge on any atom is -0.322 e. The van der Waals surface area contributed by atoms with E-state index in [1.807, 2.05) is 34.9 Å². The van der Waals surface area contributed by atoms with Crippen molar-refractivity contribution in [1.82, 2.24) is 4.57 Å². The predicted octanol–water partition coefficient (Wildman–Crippen LogP) is 6.83. The van der Waals surface area contributed by atoms with Gasteiger partial charge in [0.2, 0.25) is 0 Å². The van der Waals surface area contributed by atoms with Crippen molar-refractivity contribution < 1.29 is 4.79 Å². The maximum Gasteiger partial charge on any atom is 0.184 e. The fraction of sp³-hybridized carbons (Fsp3) is 0.0833. The van der Waals surface area contributed by atoms with E-state index in [9.17, 15) is 4.79 Å². The molecule has 1 aliphatic rings. The summed E-state index contributed by atoms with van der Waals surface area (Å²) in [7, 11) is 0. The van der Waals surface area contributed by atoms with Gasteiger partial charge in [-0.05, 0) is 41.9 Å². The molecule has 0 radical (unpaired) electrons. The van der Waals surface area contributed by atoms with Crippen molar-refractivity contribution >= 4 is 57.6 Å². The maximum absolute atomic E-state index is 12.7. The van der Waals surface area contributed by atoms with Crippen molar-refractivity contribution in [3.63, 3.8) is 0 Å². The van der Waals surface area contributed by atoms with Gasteiger partial charge in [-0.25, -0.2) is 0 Å². The van der Waals surface area contributed by atoms with Crippen LogP contribution in [0.1, 0.15) is 21.8 Å². The summed E-state index contributed by atoms with van der Waals surface area (Å²) in [4.78, 5) is 15.8. The number of rotatable bonds is 4. The molecule has 5 heteroatoms. The first-order valence-electron chi connectivity index (χ1n) is 9.46. The average molecular weight is 415 g/mol. The summed E-state index contributed by atoms with van der Waals surface area (Å²) in [5, 5.41) is 2.35. The highest BCUT2D eigenvalue weighted by atomic mass is 32.1. The highest BCUT2D eigenvalue weighted by Gasteiger charge is 2.23. The number of para-hydroxylation sites is 1. The van der Waals surface area contributed by atoms with E-state index < -0.39 is 0 Å². The molecule has 5 rings (SSSR count). The number of hydrogen-bond acceptors (Lipinski definition) is 4. The molecular weight excluding hydrogens is 396 g/mol. The molecule has 0 N–H and O–H groups in total. The summed E-state index contributed by atoms with van der Waals surface area (Å²) in [5.74, 6) is 0.126. The molecule has 0 amide bonds. The molecule has 0 saturated heterocycles. The molecule has 0 saturated carbocycles. The van der Waals surface area contributed by atoms with Crippen LogP contribution in [0.2, 0.25) is 0 Å². The molecule has 3 nitrogen and oxygen atoms in total. The third kappa shape index (κ3) is 3.22. The zero-order chi connectivity index (χ0) is 19.8. The van der Waals surface area contributed by atoms with Gasteiger partial charge in [-0.2, -0.15) is 0 Å². The van der Waals surface area contributed by atoms with Crippen LogP contribution < -0.4 is 4.90 Å². The first-order chi connectivity index (χ1) is 14.2. The first kappa shape index (κ1) is 18.0. The number of ketones is 1. The summed E-state index contributed by atoms with van der Waals surface area (Å²) in [5.41, 5.74) is 2.88. The summed E-state index contributed by atoms with van der Waals surface area (Å²) in [6, 6.07) is 24.9. The Morgan fingerprint density at radius 1 is 0.966 bits per heavy atom. The Hall–Kier alpha value is -3.02. The van der Waals surface area contributed by atoms with E-state index in [0.29, 0.717) is 13.1 Å². The second-order valence-electron chi connectivity index (χ2n) is 6.94. The number of hydrogen-bond donors (Lipinski definition) is 0. The number of carbonyl (C=O) groups excluding carboxylic acids is 1. The van der Waals surface area contributed by atoms with Crippen LogP contribution in [-0.2, 0) is 6.67 Å². The number of allylic oxidation sites excluding steroid dienone is 1. The lowest BCUT2D eigenvalue weighted by molar-refractivity contribution is 0.0985. The van der Waals surface area contributed by atoms with Gasteiger partial charge in [-0.1, -0.05) is 60.7 Å². The van der Waals surface area contributed by atoms with E-state index in [-0.39, 0.29) is 5.78 Å². The minimum absolute atomic E-state index is 0.126. The molecule has 0 atom stereocenters. The Labute approximate surface area is 178 Å². The Kier molecular flexibility index (Phi) is 4.62. The molecule has 1 aliphatic carbocycles. The lowest BCUT2D eigenvalue weighted by Gasteiger charge is -2.28. The molecule has 1 aromatic heterocycles. The van der Waals surface area contributed by atoms with Crippen molar-refractivity contribution in [3.05, 3.63) is 93.4 Å². The number of nitrogens with zero attached hydrogens (tertiary/aromatic N) is 2. The number of carbonyl (C=O) groups is 1. The first-order valence-corrected chi connectivity index (χ1v) is 10.7. The minimum atomic E-state index is 0.126. The number of fused-ring (bicyclic) bond motifs is 2. The highest BCUT2D eigenvalue weighted by molar-refractivity contribution is 7.73. The van der Waals surface area contributed by atoms with Gasteiger partial charge in [-0.15, -0.1) is 11.3 Å². The largest absolute Gasteiger partial charge is 0.322 e. The maximum atomic E-state index is 12.7. The molecule has 3 aromatic carbocycles. The smallest absolute Gasteiger partial charge is 0.184 e. The zero-order valence-electron chi connectivity index (χ0n) is 15.6. The molecule has 4 aromatic rings. The highest BCUT2D eigenvalue weighted by Crippen LogP contribution is 2.34. The Morgan fingerprint density at radius 2 is 1.72 bits per heavy atom. The molecule has 0 spiro atoms. The molecule has 29 heavy (non-hydrogen) atoms. The quantitative estimate of drug-likeness (QED) is 0.342. The standard InChI is InChI=1S/C24H18N2OS2/c27-21-14-7-15-22-23(21)26(24(28)29-22)16-25(18-10-2-1-3-11-18)20-13-6-9-17-8-4-5-12-19(17)20/h1-13,15H,14,16H2. The molecular formula is C24H18N2OS2. The topological polar surface area (TPSA) is 25.2 Å². The molecule has 0 aliphatic heterocycles. The average Bonchev–Trinajstić information content (AvgIpc) is 3.08. The van der Waals surface area contributed by atoms with Gasteiger partial charge in [0.1, 0.15) is 12.4 Å². The predicted molar refractivity (Wildman–Crippen MR) is 124 cm³/mol. The monoisotopic (exact) mass is 414 g/mol. The second-order valence-corrected chi connectivity index (χ2v) is 8.62. The van der Waals surface area contributed by atoms with E-state index >= 15 is 0 Å². The molecule has 1 heterocycles. The van der Waals surface area contributed by atoms with Gasteiger partial charge in [0.25, 0.3) is 0 Å². The van der Waals surface area contributed by atoms with Crippen molar-refractivity contribution in [2.75, 3.05) is 4.90 Å². The number of anilines is 2. The third-order valence-corrected chi connectivity index (χ3v) is 6.58. The van der Waals surface area contributed by atoms with E-state index in [1.165, 1.54) is 22.1 Å². The Morgan fingerprint density at radius 3 is 2.59 bits per heavy atom. The lowest BCUT2D eigenvalue weighted by Crippen LogP contribution is -2.24. The van der Waals surface area contributed by atoms with E-state index in [2.05, 4.69) is 59.5 Å². The second kappa shape index (κ2) is 7.43. The van der Waals surface area contributed by atoms with E-state index in [1.54, 1.807) is 0 Å². The fourth-order valence-corrected chi connectivity index (χ4v) is 5.16. The van der Waals surface area contributed by atoms with Crippen LogP contribution in [0.15, 0.2) is 78.9 Å². The van der Waals surface area contributed by atoms with Crippen LogP contribution in [0.5, 0.6) is 0 Å². The van der Waals surface area contributed by atoms with Crippen LogP contribution in [-0.4, -0.2) is 10.4 Å². The van der Waals surface area contributed by atoms with Crippen molar-refractivity contribution in [2.24, 2.45) is 0 Å². The SMILES string of the molecule is O=C1CC=Cc2sc(=S)n(CN(c3ccccc3)c3cccc4ccccc34)c21. The van der Waals surface area contributed by atoms with Crippen LogP contribution >= 0.6 is 23.6 Å². The van der Waals surface area contributed by atoms with Gasteiger partial charge in [0, 0.05) is 17.5 Å². The van der Waals surface area contributed by atoms with Crippen molar-refractivity contribution in [3.8, 4) is 0 Å². The van der Waals surface area contributed by atoms with Gasteiger partial charge in [0.15, 0.2) is 9.74 Å². The van der Waals surface area contributed by atoms with Gasteiger partial charge < -0.3 is 9.47 Å². The Bertz CT molecular complexity index is 1300. The Balaban J connectivity index is 1.70. The molecule has 0 bridgehead atoms. The number of thiazole rings is 1. The summed E-state index contributed by atoms with van der Waals surface area (Å²) < 4.78 is 2.70. The molecule has 0 unspecified atom stereocenters. The van der Waals surface area contributed by atoms with Crippen LogP contribution in [0, 0.1) is 3.95 Å². The van der Waals surface area contributed by atoms with Gasteiger partial charge >= 0.3 is 0 Å². The van der Waals surface area contributed by atoms with Crippen molar-refractivity contribution in [1.29, 1.82) is 0 Å². The molecule has 142 valence electrons. The van der Waals surface area contributed by atoms with E-state index in [4.69, 9.17) is 12.2 Å². The third-order valence-electron chi connectivity index (χ3n) is 5.17. The van der Waals surface area contributed by atoms with Gasteiger partial charge in [0.05, 0.1) is 10.6 Å². The summed E-state index contributed by atoms with van der Waals surface area (Å²) >= 11 is 7.16. The van der Waals surface area contributed by atoms with Crippen LogP contribution in [0.4, 0.5) is 11.4 Å². The van der Waals surface area contributed by atoms with Crippen LogP contribution in [0.3, 0.4) is 0 Å². The fourth-order valence-electron chi connectivity index (χ4n) is 3.81. The van der Waals surface area contributed by atoms with Crippen LogP contribution in [0.25, 0.3) is 16.8 Å². The lowest BCUT2D eigenvalue weighted by atomic mass is 10.1. The van der Waals surface area contributed by atoms with Gasteiger partial charge in [-0.3, -0.25) is 4.79 Å². The van der Waals surface area contributed by atoms with Crippen molar-refractivity contribution in [2.45, 2.75) is 13.1 Å². The normalized spacial score (nSPS) is 12.9. The summed E-state index contributed by atoms with van der Waals surface area (Å²) in [6.07, 6.45) is 4.36. The number of benzene rings is 3. The van der Waals surface area contributed by atoms with E-state index in [0.717, 1.165) is 25.9 Å². The molecule has 0 fully saturated rings.